The first-order valence-corrected chi connectivity index (χ1v) is 6.31. The Kier molecular flexibility index (Phi) is 6.19. The second kappa shape index (κ2) is 7.03. The van der Waals surface area contributed by atoms with Crippen LogP contribution in [0.4, 0.5) is 0 Å². The number of carbonyl (C=O) groups excluding carboxylic acids is 1. The van der Waals surface area contributed by atoms with Crippen LogP contribution in [0.15, 0.2) is 17.2 Å². The third-order valence-corrected chi connectivity index (χ3v) is 3.29. The van der Waals surface area contributed by atoms with E-state index in [9.17, 15) is 10.1 Å². The minimum Gasteiger partial charge on any atom is -0.776 e. The van der Waals surface area contributed by atoms with Crippen LogP contribution in [0.1, 0.15) is 34.1 Å². The van der Waals surface area contributed by atoms with E-state index in [1.54, 1.807) is 17.5 Å². The van der Waals surface area contributed by atoms with Crippen molar-refractivity contribution in [3.05, 3.63) is 34.6 Å². The van der Waals surface area contributed by atoms with Crippen LogP contribution in [-0.4, -0.2) is 17.0 Å². The van der Waals surface area contributed by atoms with Crippen molar-refractivity contribution in [2.45, 2.75) is 25.7 Å². The van der Waals surface area contributed by atoms with Gasteiger partial charge in [0.1, 0.15) is 5.69 Å². The number of nitriles is 1. The molecule has 6 heteroatoms. The van der Waals surface area contributed by atoms with Gasteiger partial charge < -0.3 is 21.8 Å². The Balaban J connectivity index is 0.00000200. The fourth-order valence-electron chi connectivity index (χ4n) is 2.23. The number of rotatable bonds is 2. The molecule has 2 aromatic rings. The van der Waals surface area contributed by atoms with Crippen molar-refractivity contribution in [3.8, 4) is 6.07 Å². The van der Waals surface area contributed by atoms with Crippen LogP contribution in [0.3, 0.4) is 0 Å². The third-order valence-electron chi connectivity index (χ3n) is 2.89. The number of hydrogen-bond acceptors (Lipinski definition) is 4. The zero-order valence-corrected chi connectivity index (χ0v) is 15.9. The molecule has 0 spiro atoms. The fraction of sp³-hybridized carbons (Fsp3) is 0.286. The summed E-state index contributed by atoms with van der Waals surface area (Å²) < 4.78 is 6.69. The van der Waals surface area contributed by atoms with Crippen LogP contribution >= 0.6 is 0 Å². The Labute approximate surface area is 165 Å². The van der Waals surface area contributed by atoms with E-state index in [-0.39, 0.29) is 68.6 Å². The van der Waals surface area contributed by atoms with Gasteiger partial charge in [0.15, 0.2) is 0 Å². The Morgan fingerprint density at radius 2 is 2.15 bits per heavy atom. The predicted molar refractivity (Wildman–Crippen MR) is 73.2 cm³/mol. The zero-order chi connectivity index (χ0) is 14.2. The van der Waals surface area contributed by atoms with Gasteiger partial charge in [-0.1, -0.05) is 6.07 Å². The molecule has 0 N–H and O–H groups in total. The van der Waals surface area contributed by atoms with Gasteiger partial charge in [-0.3, -0.25) is 0 Å². The summed E-state index contributed by atoms with van der Waals surface area (Å²) in [6, 6.07) is 4.04. The number of ether oxygens (including phenoxy) is 1. The molecule has 0 aromatic carbocycles. The van der Waals surface area contributed by atoms with Gasteiger partial charge in [0.25, 0.3) is 0 Å². The van der Waals surface area contributed by atoms with Crippen molar-refractivity contribution in [1.82, 2.24) is 4.40 Å². The predicted octanol–water partition coefficient (Wildman–Crippen LogP) is -0.486. The number of aromatic nitrogens is 1. The van der Waals surface area contributed by atoms with Gasteiger partial charge in [-0.05, 0) is 31.9 Å². The van der Waals surface area contributed by atoms with E-state index in [4.69, 9.17) is 17.4 Å². The van der Waals surface area contributed by atoms with E-state index < -0.39 is 5.97 Å². The summed E-state index contributed by atoms with van der Waals surface area (Å²) in [5.41, 5.74) is 3.20. The van der Waals surface area contributed by atoms with E-state index in [0.29, 0.717) is 11.1 Å². The standard InChI is InChI=1S/C14H14N2O2S.K/c1-4-18-14(17)12-13(19)10(6-15)11-9(3)5-8(2)7-16(11)12;/h5,7,19H,4H2,1-3H3;/q;+1/p-1. The first-order valence-electron chi connectivity index (χ1n) is 5.90. The number of aryl methyl sites for hydroxylation is 2. The number of fused-ring (bicyclic) bond motifs is 1. The Morgan fingerprint density at radius 3 is 2.70 bits per heavy atom. The third kappa shape index (κ3) is 2.93. The molecule has 0 atom stereocenters. The molecule has 0 amide bonds. The smallest absolute Gasteiger partial charge is 0.776 e. The first-order chi connectivity index (χ1) is 9.01. The van der Waals surface area contributed by atoms with E-state index in [1.807, 2.05) is 19.9 Å². The fourth-order valence-corrected chi connectivity index (χ4v) is 2.55. The first kappa shape index (κ1) is 17.6. The van der Waals surface area contributed by atoms with Crippen molar-refractivity contribution < 1.29 is 60.9 Å². The Bertz CT molecular complexity index is 716. The van der Waals surface area contributed by atoms with Crippen molar-refractivity contribution in [2.75, 3.05) is 6.61 Å². The van der Waals surface area contributed by atoms with Gasteiger partial charge in [-0.25, -0.2) is 4.79 Å². The topological polar surface area (TPSA) is 54.5 Å². The maximum absolute atomic E-state index is 12.0. The molecular formula is C14H13KN2O2S. The SMILES string of the molecule is CCOC(=O)c1c([S-])c(C#N)c2c(C)cc(C)cn12.[K+]. The molecule has 0 saturated heterocycles. The van der Waals surface area contributed by atoms with Crippen LogP contribution in [-0.2, 0) is 17.4 Å². The maximum Gasteiger partial charge on any atom is 1.00 e. The normalized spacial score (nSPS) is 9.90. The summed E-state index contributed by atoms with van der Waals surface area (Å²) in [4.78, 5) is 12.3. The second-order valence-electron chi connectivity index (χ2n) is 4.30. The molecule has 0 unspecified atom stereocenters. The van der Waals surface area contributed by atoms with Crippen LogP contribution in [0.25, 0.3) is 5.52 Å². The van der Waals surface area contributed by atoms with Crippen molar-refractivity contribution in [3.63, 3.8) is 0 Å². The summed E-state index contributed by atoms with van der Waals surface area (Å²) >= 11 is 5.24. The van der Waals surface area contributed by atoms with Gasteiger partial charge >= 0.3 is 57.4 Å². The van der Waals surface area contributed by atoms with Crippen LogP contribution in [0.5, 0.6) is 0 Å². The molecule has 0 bridgehead atoms. The van der Waals surface area contributed by atoms with Crippen LogP contribution in [0.2, 0.25) is 0 Å². The summed E-state index contributed by atoms with van der Waals surface area (Å²) in [5, 5.41) is 9.25. The van der Waals surface area contributed by atoms with Crippen LogP contribution < -0.4 is 51.4 Å². The van der Waals surface area contributed by atoms with Gasteiger partial charge in [0.05, 0.1) is 23.8 Å². The average Bonchev–Trinajstić information content (AvgIpc) is 2.61. The van der Waals surface area contributed by atoms with Gasteiger partial charge in [-0.15, -0.1) is 4.90 Å². The Morgan fingerprint density at radius 1 is 1.50 bits per heavy atom. The molecule has 2 rings (SSSR count). The molecule has 0 aliphatic heterocycles. The van der Waals surface area contributed by atoms with E-state index in [2.05, 4.69) is 6.07 Å². The number of carbonyl (C=O) groups is 1. The van der Waals surface area contributed by atoms with Crippen molar-refractivity contribution in [2.24, 2.45) is 0 Å². The molecule has 4 nitrogen and oxygen atoms in total. The monoisotopic (exact) mass is 312 g/mol. The average molecular weight is 312 g/mol. The van der Waals surface area contributed by atoms with E-state index in [0.717, 1.165) is 11.1 Å². The summed E-state index contributed by atoms with van der Waals surface area (Å²) in [5.74, 6) is -0.492. The quantitative estimate of drug-likeness (QED) is 0.427. The second-order valence-corrected chi connectivity index (χ2v) is 4.71. The van der Waals surface area contributed by atoms with E-state index >= 15 is 0 Å². The largest absolute Gasteiger partial charge is 1.00 e. The minimum absolute atomic E-state index is 0. The summed E-state index contributed by atoms with van der Waals surface area (Å²) in [6.07, 6.45) is 1.80. The number of nitrogens with zero attached hydrogens (tertiary/aromatic N) is 2. The molecule has 98 valence electrons. The molecule has 0 saturated carbocycles. The molecule has 20 heavy (non-hydrogen) atoms. The van der Waals surface area contributed by atoms with Gasteiger partial charge in [0.2, 0.25) is 0 Å². The zero-order valence-electron chi connectivity index (χ0n) is 12.0. The summed E-state index contributed by atoms with van der Waals surface area (Å²) in [7, 11) is 0. The molecular weight excluding hydrogens is 299 g/mol. The summed E-state index contributed by atoms with van der Waals surface area (Å²) in [6.45, 7) is 5.83. The molecule has 2 heterocycles. The molecule has 0 aliphatic carbocycles. The van der Waals surface area contributed by atoms with E-state index in [1.165, 1.54) is 0 Å². The maximum atomic E-state index is 12.0. The molecule has 0 fully saturated rings. The molecule has 0 radical (unpaired) electrons. The number of pyridine rings is 1. The van der Waals surface area contributed by atoms with Crippen molar-refractivity contribution in [1.29, 1.82) is 5.26 Å². The Hall–Kier alpha value is -0.424. The minimum atomic E-state index is -0.492. The van der Waals surface area contributed by atoms with Crippen LogP contribution in [0, 0.1) is 25.2 Å². The number of hydrogen-bond donors (Lipinski definition) is 0. The van der Waals surface area contributed by atoms with Crippen molar-refractivity contribution >= 4 is 24.1 Å². The van der Waals surface area contributed by atoms with Gasteiger partial charge in [-0.2, -0.15) is 5.26 Å². The number of esters is 1. The molecule has 2 aromatic heterocycles. The molecule has 0 aliphatic rings. The van der Waals surface area contributed by atoms with Gasteiger partial charge in [0, 0.05) is 6.20 Å².